The first-order valence-corrected chi connectivity index (χ1v) is 9.38. The van der Waals surface area contributed by atoms with Gasteiger partial charge in [-0.3, -0.25) is 9.97 Å². The summed E-state index contributed by atoms with van der Waals surface area (Å²) in [6.45, 7) is 2.02. The van der Waals surface area contributed by atoms with Gasteiger partial charge >= 0.3 is 6.03 Å². The first kappa shape index (κ1) is 16.9. The number of amides is 2. The van der Waals surface area contributed by atoms with Gasteiger partial charge in [-0.05, 0) is 49.6 Å². The predicted octanol–water partition coefficient (Wildman–Crippen LogP) is 5.26. The minimum Gasteiger partial charge on any atom is -0.310 e. The van der Waals surface area contributed by atoms with Gasteiger partial charge in [0.2, 0.25) is 0 Å². The molecular formula is C22H21FN4O. The van der Waals surface area contributed by atoms with Gasteiger partial charge in [0.15, 0.2) is 0 Å². The van der Waals surface area contributed by atoms with E-state index in [4.69, 9.17) is 0 Å². The summed E-state index contributed by atoms with van der Waals surface area (Å²) in [6, 6.07) is 11.0. The molecule has 0 saturated carbocycles. The molecule has 2 aliphatic rings. The molecule has 1 N–H and O–H groups in total. The number of rotatable bonds is 2. The summed E-state index contributed by atoms with van der Waals surface area (Å²) in [7, 11) is 0. The molecule has 5 rings (SSSR count). The first-order chi connectivity index (χ1) is 13.6. The Morgan fingerprint density at radius 1 is 1.21 bits per heavy atom. The molecule has 0 radical (unpaired) electrons. The SMILES string of the molecule is Cc1ccc(NC(=O)N2[C@@H]3CC[C@H]2c2cncc(F)c23)cc1-c1ccccn1.[HH]. The minimum atomic E-state index is -0.324. The molecule has 2 amide bonds. The molecule has 0 aliphatic carbocycles. The molecule has 2 bridgehead atoms. The highest BCUT2D eigenvalue weighted by Crippen LogP contribution is 2.53. The maximum atomic E-state index is 14.3. The van der Waals surface area contributed by atoms with Crippen LogP contribution in [-0.4, -0.2) is 20.9 Å². The monoisotopic (exact) mass is 376 g/mol. The zero-order valence-electron chi connectivity index (χ0n) is 15.4. The van der Waals surface area contributed by atoms with Crippen LogP contribution in [-0.2, 0) is 0 Å². The number of halogens is 1. The second-order valence-corrected chi connectivity index (χ2v) is 7.32. The molecule has 1 saturated heterocycles. The Balaban J connectivity index is 0.00000205. The average Bonchev–Trinajstić information content (AvgIpc) is 3.28. The third-order valence-electron chi connectivity index (χ3n) is 5.71. The van der Waals surface area contributed by atoms with Gasteiger partial charge in [0.05, 0.1) is 24.0 Å². The molecule has 0 unspecified atom stereocenters. The summed E-state index contributed by atoms with van der Waals surface area (Å²) in [5.74, 6) is -0.324. The Labute approximate surface area is 163 Å². The number of nitrogens with zero attached hydrogens (tertiary/aromatic N) is 3. The van der Waals surface area contributed by atoms with Crippen LogP contribution in [0.5, 0.6) is 0 Å². The van der Waals surface area contributed by atoms with Crippen molar-refractivity contribution in [2.45, 2.75) is 31.8 Å². The molecule has 2 aliphatic heterocycles. The van der Waals surface area contributed by atoms with Crippen LogP contribution in [0.1, 0.15) is 43.0 Å². The second-order valence-electron chi connectivity index (χ2n) is 7.32. The quantitative estimate of drug-likeness (QED) is 0.664. The summed E-state index contributed by atoms with van der Waals surface area (Å²) in [6.07, 6.45) is 6.28. The number of hydrogen-bond acceptors (Lipinski definition) is 3. The van der Waals surface area contributed by atoms with Crippen molar-refractivity contribution in [2.75, 3.05) is 5.32 Å². The van der Waals surface area contributed by atoms with Crippen molar-refractivity contribution in [3.8, 4) is 11.3 Å². The number of pyridine rings is 2. The summed E-state index contributed by atoms with van der Waals surface area (Å²) in [5, 5.41) is 2.99. The number of nitrogens with one attached hydrogen (secondary N) is 1. The van der Waals surface area contributed by atoms with E-state index >= 15 is 0 Å². The van der Waals surface area contributed by atoms with Crippen molar-refractivity contribution >= 4 is 11.7 Å². The molecule has 5 nitrogen and oxygen atoms in total. The Bertz CT molecular complexity index is 1080. The van der Waals surface area contributed by atoms with E-state index in [1.165, 1.54) is 6.20 Å². The highest BCUT2D eigenvalue weighted by molar-refractivity contribution is 5.91. The molecule has 1 aromatic carbocycles. The van der Waals surface area contributed by atoms with Crippen molar-refractivity contribution in [1.29, 1.82) is 0 Å². The summed E-state index contributed by atoms with van der Waals surface area (Å²) in [4.78, 5) is 23.2. The van der Waals surface area contributed by atoms with Crippen molar-refractivity contribution in [2.24, 2.45) is 0 Å². The van der Waals surface area contributed by atoms with Gasteiger partial charge in [-0.1, -0.05) is 12.1 Å². The maximum Gasteiger partial charge on any atom is 0.322 e. The number of carbonyl (C=O) groups is 1. The Morgan fingerprint density at radius 2 is 2.07 bits per heavy atom. The van der Waals surface area contributed by atoms with Gasteiger partial charge in [-0.25, -0.2) is 9.18 Å². The van der Waals surface area contributed by atoms with Crippen LogP contribution in [0.2, 0.25) is 0 Å². The van der Waals surface area contributed by atoms with E-state index in [1.807, 2.05) is 43.3 Å². The van der Waals surface area contributed by atoms with E-state index in [9.17, 15) is 9.18 Å². The fraction of sp³-hybridized carbons (Fsp3) is 0.227. The molecule has 2 atom stereocenters. The fourth-order valence-electron chi connectivity index (χ4n) is 4.45. The number of carbonyl (C=O) groups excluding carboxylic acids is 1. The Morgan fingerprint density at radius 3 is 2.86 bits per heavy atom. The number of aromatic nitrogens is 2. The maximum absolute atomic E-state index is 14.3. The number of hydrogen-bond donors (Lipinski definition) is 1. The zero-order valence-corrected chi connectivity index (χ0v) is 15.4. The third-order valence-corrected chi connectivity index (χ3v) is 5.71. The summed E-state index contributed by atoms with van der Waals surface area (Å²) >= 11 is 0. The minimum absolute atomic E-state index is 0. The van der Waals surface area contributed by atoms with Crippen molar-refractivity contribution in [3.63, 3.8) is 0 Å². The van der Waals surface area contributed by atoms with E-state index < -0.39 is 0 Å². The van der Waals surface area contributed by atoms with E-state index in [-0.39, 0.29) is 25.4 Å². The van der Waals surface area contributed by atoms with E-state index in [2.05, 4.69) is 15.3 Å². The van der Waals surface area contributed by atoms with Crippen LogP contribution >= 0.6 is 0 Å². The molecule has 1 fully saturated rings. The predicted molar refractivity (Wildman–Crippen MR) is 106 cm³/mol. The molecule has 28 heavy (non-hydrogen) atoms. The van der Waals surface area contributed by atoms with Gasteiger partial charge in [0, 0.05) is 36.2 Å². The third kappa shape index (κ3) is 2.56. The van der Waals surface area contributed by atoms with Gasteiger partial charge in [0.1, 0.15) is 5.82 Å². The Kier molecular flexibility index (Phi) is 3.86. The summed E-state index contributed by atoms with van der Waals surface area (Å²) in [5.41, 5.74) is 5.08. The lowest BCUT2D eigenvalue weighted by atomic mass is 9.93. The topological polar surface area (TPSA) is 58.1 Å². The number of aryl methyl sites for hydroxylation is 1. The number of fused-ring (bicyclic) bond motifs is 5. The van der Waals surface area contributed by atoms with Crippen LogP contribution in [0.25, 0.3) is 11.3 Å². The molecule has 0 spiro atoms. The lowest BCUT2D eigenvalue weighted by molar-refractivity contribution is 0.196. The van der Waals surface area contributed by atoms with Gasteiger partial charge in [-0.2, -0.15) is 0 Å². The van der Waals surface area contributed by atoms with Gasteiger partial charge in [-0.15, -0.1) is 0 Å². The smallest absolute Gasteiger partial charge is 0.310 e. The number of urea groups is 1. The van der Waals surface area contributed by atoms with Crippen molar-refractivity contribution < 1.29 is 10.6 Å². The van der Waals surface area contributed by atoms with E-state index in [1.54, 1.807) is 17.3 Å². The lowest BCUT2D eigenvalue weighted by Crippen LogP contribution is -2.32. The van der Waals surface area contributed by atoms with Gasteiger partial charge < -0.3 is 10.2 Å². The van der Waals surface area contributed by atoms with Gasteiger partial charge in [0.25, 0.3) is 0 Å². The number of anilines is 1. The molecule has 2 aromatic heterocycles. The van der Waals surface area contributed by atoms with Crippen LogP contribution in [0.15, 0.2) is 55.0 Å². The van der Waals surface area contributed by atoms with Crippen molar-refractivity contribution in [3.05, 3.63) is 77.5 Å². The molecule has 3 aromatic rings. The largest absolute Gasteiger partial charge is 0.322 e. The molecule has 6 heteroatoms. The van der Waals surface area contributed by atoms with E-state index in [0.29, 0.717) is 11.3 Å². The molecule has 4 heterocycles. The highest BCUT2D eigenvalue weighted by atomic mass is 19.1. The second kappa shape index (κ2) is 6.41. The van der Waals surface area contributed by atoms with Crippen LogP contribution in [0.4, 0.5) is 14.9 Å². The van der Waals surface area contributed by atoms with Crippen LogP contribution < -0.4 is 5.32 Å². The number of benzene rings is 1. The first-order valence-electron chi connectivity index (χ1n) is 9.38. The highest BCUT2D eigenvalue weighted by Gasteiger charge is 2.48. The average molecular weight is 376 g/mol. The fourth-order valence-corrected chi connectivity index (χ4v) is 4.45. The van der Waals surface area contributed by atoms with Crippen LogP contribution in [0, 0.1) is 12.7 Å². The summed E-state index contributed by atoms with van der Waals surface area (Å²) < 4.78 is 14.3. The van der Waals surface area contributed by atoms with E-state index in [0.717, 1.165) is 35.2 Å². The lowest BCUT2D eigenvalue weighted by Gasteiger charge is -2.23. The Hall–Kier alpha value is -3.28. The normalized spacial score (nSPS) is 19.6. The van der Waals surface area contributed by atoms with Crippen LogP contribution in [0.3, 0.4) is 0 Å². The zero-order chi connectivity index (χ0) is 19.3. The molecular weight excluding hydrogens is 355 g/mol. The standard InChI is InChI=1S/C22H19FN4O.H2/c1-13-5-6-14(10-15(13)18-4-2-3-9-25-18)26-22(28)27-19-7-8-20(27)21-16(19)11-24-12-17(21)23;/h2-6,9-12,19-20H,7-8H2,1H3,(H,26,28);1H/t19-,20+;/m0./s1. The van der Waals surface area contributed by atoms with Crippen molar-refractivity contribution in [1.82, 2.24) is 14.9 Å². The molecule has 142 valence electrons.